The number of ether oxygens (including phenoxy) is 1. The maximum absolute atomic E-state index is 6.20. The Labute approximate surface area is 146 Å². The Bertz CT molecular complexity index is 691. The molecule has 0 spiro atoms. The number of nitrogens with zero attached hydrogens (tertiary/aromatic N) is 2. The van der Waals surface area contributed by atoms with E-state index in [-0.39, 0.29) is 12.1 Å². The highest BCUT2D eigenvalue weighted by atomic mass is 35.5. The van der Waals surface area contributed by atoms with Gasteiger partial charge in [-0.15, -0.1) is 0 Å². The normalized spacial score (nSPS) is 21.9. The average molecular weight is 352 g/mol. The van der Waals surface area contributed by atoms with Crippen LogP contribution in [0.15, 0.2) is 18.5 Å². The van der Waals surface area contributed by atoms with Gasteiger partial charge in [0.15, 0.2) is 0 Å². The third kappa shape index (κ3) is 3.57. The van der Waals surface area contributed by atoms with Crippen molar-refractivity contribution >= 4 is 34.1 Å². The molecule has 2 N–H and O–H groups in total. The molecule has 0 bridgehead atoms. The van der Waals surface area contributed by atoms with Gasteiger partial charge in [-0.1, -0.05) is 18.5 Å². The second kappa shape index (κ2) is 7.24. The molecular weight excluding hydrogens is 330 g/mol. The minimum absolute atomic E-state index is 0.0628. The second-order valence-corrected chi connectivity index (χ2v) is 7.42. The van der Waals surface area contributed by atoms with Gasteiger partial charge in [0, 0.05) is 18.4 Å². The SMILES string of the molecule is CCC(N)c1cnc(OC2CC(CSC)C2)c2cnc(Cl)cc12. The van der Waals surface area contributed by atoms with Gasteiger partial charge in [-0.3, -0.25) is 0 Å². The van der Waals surface area contributed by atoms with Crippen molar-refractivity contribution in [1.29, 1.82) is 0 Å². The fourth-order valence-electron chi connectivity index (χ4n) is 3.02. The third-order valence-electron chi connectivity index (χ3n) is 4.45. The van der Waals surface area contributed by atoms with Crippen molar-refractivity contribution in [3.63, 3.8) is 0 Å². The highest BCUT2D eigenvalue weighted by Crippen LogP contribution is 2.36. The monoisotopic (exact) mass is 351 g/mol. The number of hydrogen-bond donors (Lipinski definition) is 1. The number of rotatable bonds is 6. The van der Waals surface area contributed by atoms with Crippen molar-refractivity contribution in [3.8, 4) is 5.88 Å². The number of hydrogen-bond acceptors (Lipinski definition) is 5. The van der Waals surface area contributed by atoms with Crippen LogP contribution in [-0.4, -0.2) is 28.1 Å². The van der Waals surface area contributed by atoms with Crippen molar-refractivity contribution in [2.75, 3.05) is 12.0 Å². The highest BCUT2D eigenvalue weighted by Gasteiger charge is 2.31. The largest absolute Gasteiger partial charge is 0.474 e. The van der Waals surface area contributed by atoms with Crippen molar-refractivity contribution < 1.29 is 4.74 Å². The summed E-state index contributed by atoms with van der Waals surface area (Å²) in [5.41, 5.74) is 7.20. The second-order valence-electron chi connectivity index (χ2n) is 6.12. The third-order valence-corrected chi connectivity index (χ3v) is 5.46. The molecule has 124 valence electrons. The predicted octanol–water partition coefficient (Wildman–Crippen LogP) is 4.21. The van der Waals surface area contributed by atoms with Gasteiger partial charge in [0.1, 0.15) is 11.3 Å². The van der Waals surface area contributed by atoms with Gasteiger partial charge in [-0.25, -0.2) is 9.97 Å². The zero-order valence-electron chi connectivity index (χ0n) is 13.5. The van der Waals surface area contributed by atoms with Crippen LogP contribution in [0.5, 0.6) is 5.88 Å². The Balaban J connectivity index is 1.87. The summed E-state index contributed by atoms with van der Waals surface area (Å²) >= 11 is 7.97. The number of fused-ring (bicyclic) bond motifs is 1. The van der Waals surface area contributed by atoms with E-state index >= 15 is 0 Å². The Hall–Kier alpha value is -1.04. The van der Waals surface area contributed by atoms with Crippen LogP contribution in [-0.2, 0) is 0 Å². The smallest absolute Gasteiger partial charge is 0.223 e. The molecule has 0 radical (unpaired) electrons. The van der Waals surface area contributed by atoms with E-state index in [4.69, 9.17) is 22.1 Å². The molecule has 2 aromatic rings. The van der Waals surface area contributed by atoms with Crippen molar-refractivity contribution in [3.05, 3.63) is 29.2 Å². The van der Waals surface area contributed by atoms with Crippen LogP contribution >= 0.6 is 23.4 Å². The minimum Gasteiger partial charge on any atom is -0.474 e. The molecule has 1 unspecified atom stereocenters. The molecule has 1 aliphatic carbocycles. The molecule has 4 nitrogen and oxygen atoms in total. The van der Waals surface area contributed by atoms with E-state index in [9.17, 15) is 0 Å². The van der Waals surface area contributed by atoms with E-state index in [1.54, 1.807) is 6.20 Å². The molecule has 0 aromatic carbocycles. The maximum Gasteiger partial charge on any atom is 0.223 e. The van der Waals surface area contributed by atoms with Gasteiger partial charge in [-0.2, -0.15) is 11.8 Å². The maximum atomic E-state index is 6.20. The molecule has 23 heavy (non-hydrogen) atoms. The van der Waals surface area contributed by atoms with Gasteiger partial charge in [0.2, 0.25) is 5.88 Å². The van der Waals surface area contributed by atoms with Crippen LogP contribution in [0.4, 0.5) is 0 Å². The van der Waals surface area contributed by atoms with Gasteiger partial charge in [0.05, 0.1) is 5.39 Å². The zero-order valence-corrected chi connectivity index (χ0v) is 15.0. The van der Waals surface area contributed by atoms with E-state index in [2.05, 4.69) is 23.1 Å². The van der Waals surface area contributed by atoms with Crippen molar-refractivity contribution in [2.45, 2.75) is 38.3 Å². The van der Waals surface area contributed by atoms with E-state index in [0.29, 0.717) is 11.0 Å². The first-order chi connectivity index (χ1) is 11.1. The lowest BCUT2D eigenvalue weighted by Gasteiger charge is -2.34. The molecule has 1 fully saturated rings. The quantitative estimate of drug-likeness (QED) is 0.790. The van der Waals surface area contributed by atoms with E-state index in [1.165, 1.54) is 5.75 Å². The van der Waals surface area contributed by atoms with Gasteiger partial charge < -0.3 is 10.5 Å². The average Bonchev–Trinajstić information content (AvgIpc) is 2.52. The molecule has 2 heterocycles. The Morgan fingerprint density at radius 3 is 2.83 bits per heavy atom. The summed E-state index contributed by atoms with van der Waals surface area (Å²) in [5.74, 6) is 2.61. The summed E-state index contributed by atoms with van der Waals surface area (Å²) in [4.78, 5) is 8.70. The number of halogens is 1. The first-order valence-electron chi connectivity index (χ1n) is 7.97. The molecule has 2 aromatic heterocycles. The van der Waals surface area contributed by atoms with E-state index in [1.807, 2.05) is 24.0 Å². The molecule has 0 saturated heterocycles. The molecule has 1 aliphatic rings. The van der Waals surface area contributed by atoms with Crippen molar-refractivity contribution in [2.24, 2.45) is 11.7 Å². The first kappa shape index (κ1) is 16.8. The van der Waals surface area contributed by atoms with Crippen LogP contribution in [0.25, 0.3) is 10.8 Å². The molecule has 0 amide bonds. The van der Waals surface area contributed by atoms with Crippen LogP contribution in [0.2, 0.25) is 5.15 Å². The van der Waals surface area contributed by atoms with Crippen LogP contribution in [0, 0.1) is 5.92 Å². The minimum atomic E-state index is -0.0628. The summed E-state index contributed by atoms with van der Waals surface area (Å²) < 4.78 is 6.10. The van der Waals surface area contributed by atoms with Crippen LogP contribution in [0.3, 0.4) is 0 Å². The molecule has 1 atom stereocenters. The topological polar surface area (TPSA) is 61.0 Å². The Morgan fingerprint density at radius 2 is 2.13 bits per heavy atom. The van der Waals surface area contributed by atoms with Crippen LogP contribution in [0.1, 0.15) is 37.8 Å². The summed E-state index contributed by atoms with van der Waals surface area (Å²) in [6.45, 7) is 2.06. The van der Waals surface area contributed by atoms with E-state index in [0.717, 1.165) is 41.5 Å². The predicted molar refractivity (Wildman–Crippen MR) is 97.3 cm³/mol. The van der Waals surface area contributed by atoms with Gasteiger partial charge in [-0.05, 0) is 54.2 Å². The standard InChI is InChI=1S/C17H22ClN3OS/c1-3-15(19)13-7-21-17(14-8-20-16(18)6-12(13)14)22-11-4-10(5-11)9-23-2/h6-8,10-11,15H,3-5,9,19H2,1-2H3. The summed E-state index contributed by atoms with van der Waals surface area (Å²) in [6.07, 6.45) is 9.00. The van der Waals surface area contributed by atoms with Crippen molar-refractivity contribution in [1.82, 2.24) is 9.97 Å². The number of thioether (sulfide) groups is 1. The number of nitrogens with two attached hydrogens (primary N) is 1. The summed E-state index contributed by atoms with van der Waals surface area (Å²) in [5, 5.41) is 2.34. The lowest BCUT2D eigenvalue weighted by molar-refractivity contribution is 0.0732. The number of aromatic nitrogens is 2. The fraction of sp³-hybridized carbons (Fsp3) is 0.529. The molecule has 6 heteroatoms. The molecule has 3 rings (SSSR count). The summed E-state index contributed by atoms with van der Waals surface area (Å²) in [6, 6.07) is 1.79. The van der Waals surface area contributed by atoms with Gasteiger partial charge in [0.25, 0.3) is 0 Å². The lowest BCUT2D eigenvalue weighted by atomic mass is 9.84. The van der Waals surface area contributed by atoms with Gasteiger partial charge >= 0.3 is 0 Å². The first-order valence-corrected chi connectivity index (χ1v) is 9.74. The molecule has 1 saturated carbocycles. The molecular formula is C17H22ClN3OS. The highest BCUT2D eigenvalue weighted by molar-refractivity contribution is 7.98. The lowest BCUT2D eigenvalue weighted by Crippen LogP contribution is -2.35. The summed E-state index contributed by atoms with van der Waals surface area (Å²) in [7, 11) is 0. The zero-order chi connectivity index (χ0) is 16.4. The van der Waals surface area contributed by atoms with Crippen LogP contribution < -0.4 is 10.5 Å². The Kier molecular flexibility index (Phi) is 5.29. The molecule has 0 aliphatic heterocycles. The van der Waals surface area contributed by atoms with E-state index < -0.39 is 0 Å². The Morgan fingerprint density at radius 1 is 1.35 bits per heavy atom. The number of pyridine rings is 2. The fourth-order valence-corrected chi connectivity index (χ4v) is 3.92.